The number of fused-ring (bicyclic) bond motifs is 1. The van der Waals surface area contributed by atoms with Crippen molar-refractivity contribution in [2.75, 3.05) is 40.5 Å². The van der Waals surface area contributed by atoms with Crippen LogP contribution in [-0.2, 0) is 23.8 Å². The Bertz CT molecular complexity index is 2370. The molecule has 15 nitrogen and oxygen atoms in total. The first kappa shape index (κ1) is 41.5. The SMILES string of the molecule is COC(=O)NC(C(=O)N1CCCC1c1ncc(-c2ccc(-c3ccc4cc(-c5cnc(C6CCCN6C(=O)C(NC(=O)OC)C6CCOCC6)[nH]5)ccc4c3)cc2)[nH]1)C(C)C. The Balaban J connectivity index is 0.936. The van der Waals surface area contributed by atoms with E-state index in [9.17, 15) is 19.2 Å². The Morgan fingerprint density at radius 2 is 1.18 bits per heavy atom. The van der Waals surface area contributed by atoms with E-state index in [4.69, 9.17) is 24.2 Å². The molecule has 4 atom stereocenters. The first-order valence-corrected chi connectivity index (χ1v) is 21.2. The number of rotatable bonds is 11. The van der Waals surface area contributed by atoms with Gasteiger partial charge in [0.15, 0.2) is 0 Å². The summed E-state index contributed by atoms with van der Waals surface area (Å²) in [4.78, 5) is 71.9. The van der Waals surface area contributed by atoms with E-state index in [0.29, 0.717) is 39.1 Å². The predicted octanol–water partition coefficient (Wildman–Crippen LogP) is 7.15. The highest BCUT2D eigenvalue weighted by Gasteiger charge is 2.40. The van der Waals surface area contributed by atoms with E-state index in [1.54, 1.807) is 0 Å². The minimum absolute atomic E-state index is 0.0275. The third-order valence-corrected chi connectivity index (χ3v) is 12.4. The molecule has 2 aromatic heterocycles. The normalized spacial score (nSPS) is 19.2. The van der Waals surface area contributed by atoms with Crippen LogP contribution in [0.15, 0.2) is 73.1 Å². The molecule has 0 bridgehead atoms. The molecule has 0 aliphatic carbocycles. The van der Waals surface area contributed by atoms with Gasteiger partial charge in [0, 0.05) is 31.9 Å². The number of likely N-dealkylation sites (tertiary alicyclic amines) is 2. The van der Waals surface area contributed by atoms with E-state index in [2.05, 4.69) is 81.3 Å². The number of methoxy groups -OCH3 is 2. The van der Waals surface area contributed by atoms with Gasteiger partial charge in [-0.25, -0.2) is 19.6 Å². The minimum Gasteiger partial charge on any atom is -0.453 e. The van der Waals surface area contributed by atoms with Gasteiger partial charge in [-0.05, 0) is 90.0 Å². The summed E-state index contributed by atoms with van der Waals surface area (Å²) in [6.07, 6.45) is 7.05. The lowest BCUT2D eigenvalue weighted by atomic mass is 9.90. The van der Waals surface area contributed by atoms with Gasteiger partial charge in [0.05, 0.1) is 50.1 Å². The fraction of sp³-hybridized carbons (Fsp3) is 0.435. The summed E-state index contributed by atoms with van der Waals surface area (Å²) in [5.41, 5.74) is 5.88. The first-order chi connectivity index (χ1) is 29.6. The highest BCUT2D eigenvalue weighted by molar-refractivity contribution is 5.91. The zero-order chi connectivity index (χ0) is 42.6. The van der Waals surface area contributed by atoms with E-state index in [-0.39, 0.29) is 35.7 Å². The summed E-state index contributed by atoms with van der Waals surface area (Å²) in [5, 5.41) is 7.71. The fourth-order valence-electron chi connectivity index (χ4n) is 9.04. The fourth-order valence-corrected chi connectivity index (χ4v) is 9.04. The molecule has 3 saturated heterocycles. The molecule has 15 heteroatoms. The third-order valence-electron chi connectivity index (χ3n) is 12.4. The molecular weight excluding hydrogens is 777 g/mol. The van der Waals surface area contributed by atoms with Crippen molar-refractivity contribution in [1.29, 1.82) is 0 Å². The Morgan fingerprint density at radius 1 is 0.672 bits per heavy atom. The Hall–Kier alpha value is -6.22. The highest BCUT2D eigenvalue weighted by atomic mass is 16.5. The second kappa shape index (κ2) is 18.2. The molecule has 3 aliphatic heterocycles. The van der Waals surface area contributed by atoms with Gasteiger partial charge in [-0.2, -0.15) is 0 Å². The van der Waals surface area contributed by atoms with Gasteiger partial charge in [0.1, 0.15) is 23.7 Å². The van der Waals surface area contributed by atoms with Crippen molar-refractivity contribution >= 4 is 34.8 Å². The number of aromatic amines is 2. The number of benzene rings is 3. The molecule has 4 amide bonds. The number of H-pyrrole nitrogens is 2. The lowest BCUT2D eigenvalue weighted by Crippen LogP contribution is -2.53. The Morgan fingerprint density at radius 3 is 1.77 bits per heavy atom. The topological polar surface area (TPSA) is 184 Å². The number of carbonyl (C=O) groups is 4. The zero-order valence-electron chi connectivity index (χ0n) is 35.1. The third kappa shape index (κ3) is 8.83. The number of nitrogens with zero attached hydrogens (tertiary/aromatic N) is 4. The van der Waals surface area contributed by atoms with Crippen molar-refractivity contribution in [3.8, 4) is 33.6 Å². The number of imidazole rings is 2. The number of carbonyl (C=O) groups excluding carboxylic acids is 4. The Kier molecular flexibility index (Phi) is 12.4. The quantitative estimate of drug-likeness (QED) is 0.107. The minimum atomic E-state index is -0.688. The number of hydrogen-bond donors (Lipinski definition) is 4. The highest BCUT2D eigenvalue weighted by Crippen LogP contribution is 2.36. The molecular formula is C46H54N8O7. The van der Waals surface area contributed by atoms with Crippen LogP contribution in [0.4, 0.5) is 9.59 Å². The monoisotopic (exact) mass is 830 g/mol. The first-order valence-electron chi connectivity index (χ1n) is 21.2. The number of ether oxygens (including phenoxy) is 3. The number of aromatic nitrogens is 4. The molecule has 3 fully saturated rings. The molecule has 5 heterocycles. The summed E-state index contributed by atoms with van der Waals surface area (Å²) >= 11 is 0. The lowest BCUT2D eigenvalue weighted by molar-refractivity contribution is -0.137. The number of amides is 4. The number of alkyl carbamates (subject to hydrolysis) is 2. The average Bonchev–Trinajstić information content (AvgIpc) is 4.14. The second-order valence-corrected chi connectivity index (χ2v) is 16.5. The zero-order valence-corrected chi connectivity index (χ0v) is 35.1. The maximum absolute atomic E-state index is 14.0. The smallest absolute Gasteiger partial charge is 0.407 e. The van der Waals surface area contributed by atoms with E-state index >= 15 is 0 Å². The average molecular weight is 831 g/mol. The molecule has 61 heavy (non-hydrogen) atoms. The van der Waals surface area contributed by atoms with E-state index < -0.39 is 24.3 Å². The summed E-state index contributed by atoms with van der Waals surface area (Å²) in [6, 6.07) is 19.3. The van der Waals surface area contributed by atoms with Crippen LogP contribution in [0.2, 0.25) is 0 Å². The lowest BCUT2D eigenvalue weighted by Gasteiger charge is -2.34. The van der Waals surface area contributed by atoms with Crippen molar-refractivity contribution in [3.63, 3.8) is 0 Å². The summed E-state index contributed by atoms with van der Waals surface area (Å²) in [5.74, 6) is 1.07. The van der Waals surface area contributed by atoms with Gasteiger partial charge in [-0.1, -0.05) is 62.4 Å². The summed E-state index contributed by atoms with van der Waals surface area (Å²) < 4.78 is 15.2. The molecule has 320 valence electrons. The maximum Gasteiger partial charge on any atom is 0.407 e. The molecule has 0 radical (unpaired) electrons. The number of nitrogens with one attached hydrogen (secondary N) is 4. The second-order valence-electron chi connectivity index (χ2n) is 16.5. The number of hydrogen-bond acceptors (Lipinski definition) is 9. The summed E-state index contributed by atoms with van der Waals surface area (Å²) in [7, 11) is 2.60. The van der Waals surface area contributed by atoms with Crippen molar-refractivity contribution in [1.82, 2.24) is 40.4 Å². The van der Waals surface area contributed by atoms with Gasteiger partial charge >= 0.3 is 12.2 Å². The van der Waals surface area contributed by atoms with Crippen LogP contribution in [0.3, 0.4) is 0 Å². The van der Waals surface area contributed by atoms with Crippen molar-refractivity contribution < 1.29 is 33.4 Å². The molecule has 4 N–H and O–H groups in total. The predicted molar refractivity (Wildman–Crippen MR) is 229 cm³/mol. The molecule has 4 unspecified atom stereocenters. The van der Waals surface area contributed by atoms with Crippen LogP contribution in [0.5, 0.6) is 0 Å². The van der Waals surface area contributed by atoms with Crippen molar-refractivity contribution in [3.05, 3.63) is 84.7 Å². The Labute approximate surface area is 354 Å². The standard InChI is InChI=1S/C46H54N8O7/c1-27(2)39(51-45(57)59-3)43(55)53-19-5-7-37(53)41-47-25-35(49-41)29-11-9-28(10-12-29)31-13-14-33-24-34(16-15-32(33)23-31)36-26-48-42(50-36)38-8-6-20-54(38)44(56)40(52-46(58)60-4)30-17-21-61-22-18-30/h9-16,23-27,30,37-40H,5-8,17-22H2,1-4H3,(H,47,49)(H,48,50)(H,51,57)(H,52,58). The molecule has 3 aromatic carbocycles. The molecule has 5 aromatic rings. The van der Waals surface area contributed by atoms with Gasteiger partial charge in [-0.15, -0.1) is 0 Å². The van der Waals surface area contributed by atoms with E-state index in [1.807, 2.05) is 36.0 Å². The van der Waals surface area contributed by atoms with E-state index in [0.717, 1.165) is 81.7 Å². The van der Waals surface area contributed by atoms with E-state index in [1.165, 1.54) is 14.2 Å². The maximum atomic E-state index is 14.0. The van der Waals surface area contributed by atoms with Crippen molar-refractivity contribution in [2.45, 2.75) is 76.5 Å². The largest absolute Gasteiger partial charge is 0.453 e. The van der Waals surface area contributed by atoms with Crippen LogP contribution in [0.1, 0.15) is 76.1 Å². The van der Waals surface area contributed by atoms with Gasteiger partial charge in [0.25, 0.3) is 0 Å². The summed E-state index contributed by atoms with van der Waals surface area (Å²) in [6.45, 7) is 6.11. The van der Waals surface area contributed by atoms with Gasteiger partial charge in [0.2, 0.25) is 11.8 Å². The van der Waals surface area contributed by atoms with Gasteiger partial charge in [-0.3, -0.25) is 9.59 Å². The van der Waals surface area contributed by atoms with Crippen LogP contribution >= 0.6 is 0 Å². The molecule has 8 rings (SSSR count). The van der Waals surface area contributed by atoms with Crippen LogP contribution in [0.25, 0.3) is 44.4 Å². The molecule has 3 aliphatic rings. The molecule has 0 spiro atoms. The van der Waals surface area contributed by atoms with Crippen LogP contribution < -0.4 is 10.6 Å². The molecule has 0 saturated carbocycles. The van der Waals surface area contributed by atoms with Crippen LogP contribution in [-0.4, -0.2) is 106 Å². The van der Waals surface area contributed by atoms with Crippen molar-refractivity contribution in [2.24, 2.45) is 11.8 Å². The van der Waals surface area contributed by atoms with Gasteiger partial charge < -0.3 is 44.6 Å². The van der Waals surface area contributed by atoms with Crippen LogP contribution in [0, 0.1) is 11.8 Å².